The summed E-state index contributed by atoms with van der Waals surface area (Å²) < 4.78 is 18.6. The number of ether oxygens (including phenoxy) is 1. The smallest absolute Gasteiger partial charge is 0.328 e. The van der Waals surface area contributed by atoms with Gasteiger partial charge in [-0.2, -0.15) is 0 Å². The SMILES string of the molecule is C[C@H](NC(=O)CSc1ccccc1F)C(=O)OC(C)(C)C. The molecule has 0 radical (unpaired) electrons. The van der Waals surface area contributed by atoms with Gasteiger partial charge in [0.25, 0.3) is 0 Å². The van der Waals surface area contributed by atoms with Crippen LogP contribution < -0.4 is 5.32 Å². The van der Waals surface area contributed by atoms with Crippen molar-refractivity contribution >= 4 is 23.6 Å². The minimum absolute atomic E-state index is 0.0358. The number of thioether (sulfide) groups is 1. The summed E-state index contributed by atoms with van der Waals surface area (Å²) in [5.74, 6) is -1.17. The van der Waals surface area contributed by atoms with E-state index in [4.69, 9.17) is 4.74 Å². The van der Waals surface area contributed by atoms with E-state index in [-0.39, 0.29) is 17.5 Å². The summed E-state index contributed by atoms with van der Waals surface area (Å²) in [4.78, 5) is 23.9. The molecular formula is C15H20FNO3S. The van der Waals surface area contributed by atoms with Crippen LogP contribution in [0.25, 0.3) is 0 Å². The van der Waals surface area contributed by atoms with Crippen molar-refractivity contribution in [2.45, 2.75) is 44.2 Å². The van der Waals surface area contributed by atoms with Crippen molar-refractivity contribution < 1.29 is 18.7 Å². The molecule has 0 unspecified atom stereocenters. The molecule has 0 fully saturated rings. The van der Waals surface area contributed by atoms with Gasteiger partial charge in [0.2, 0.25) is 5.91 Å². The van der Waals surface area contributed by atoms with Crippen LogP contribution in [0.3, 0.4) is 0 Å². The number of carbonyl (C=O) groups is 2. The van der Waals surface area contributed by atoms with E-state index in [1.165, 1.54) is 6.07 Å². The van der Waals surface area contributed by atoms with Gasteiger partial charge in [-0.05, 0) is 39.8 Å². The van der Waals surface area contributed by atoms with Crippen molar-refractivity contribution in [3.05, 3.63) is 30.1 Å². The number of hydrogen-bond donors (Lipinski definition) is 1. The van der Waals surface area contributed by atoms with Gasteiger partial charge in [0.05, 0.1) is 5.75 Å². The minimum Gasteiger partial charge on any atom is -0.458 e. The first kappa shape index (κ1) is 17.5. The second-order valence-electron chi connectivity index (χ2n) is 5.54. The molecule has 1 aromatic carbocycles. The van der Waals surface area contributed by atoms with Crippen LogP contribution in [0.4, 0.5) is 4.39 Å². The lowest BCUT2D eigenvalue weighted by Gasteiger charge is -2.22. The van der Waals surface area contributed by atoms with Gasteiger partial charge in [0, 0.05) is 4.90 Å². The summed E-state index contributed by atoms with van der Waals surface area (Å²) in [6.45, 7) is 6.83. The van der Waals surface area contributed by atoms with E-state index in [0.717, 1.165) is 11.8 Å². The first-order valence-electron chi connectivity index (χ1n) is 6.58. The van der Waals surface area contributed by atoms with E-state index in [0.29, 0.717) is 4.90 Å². The highest BCUT2D eigenvalue weighted by Crippen LogP contribution is 2.20. The van der Waals surface area contributed by atoms with Gasteiger partial charge in [-0.15, -0.1) is 11.8 Å². The molecule has 1 atom stereocenters. The number of amides is 1. The molecule has 0 bridgehead atoms. The molecule has 4 nitrogen and oxygen atoms in total. The maximum Gasteiger partial charge on any atom is 0.328 e. The Kier molecular flexibility index (Phi) is 6.20. The number of carbonyl (C=O) groups excluding carboxylic acids is 2. The van der Waals surface area contributed by atoms with Gasteiger partial charge in [-0.3, -0.25) is 4.79 Å². The van der Waals surface area contributed by atoms with E-state index >= 15 is 0 Å². The molecule has 0 saturated carbocycles. The van der Waals surface area contributed by atoms with E-state index in [1.54, 1.807) is 45.9 Å². The summed E-state index contributed by atoms with van der Waals surface area (Å²) in [6.07, 6.45) is 0. The van der Waals surface area contributed by atoms with E-state index in [2.05, 4.69) is 5.32 Å². The average Bonchev–Trinajstić information content (AvgIpc) is 2.35. The predicted octanol–water partition coefficient (Wildman–Crippen LogP) is 2.76. The molecule has 0 spiro atoms. The van der Waals surface area contributed by atoms with Gasteiger partial charge in [0.15, 0.2) is 0 Å². The number of nitrogens with one attached hydrogen (secondary N) is 1. The minimum atomic E-state index is -0.738. The summed E-state index contributed by atoms with van der Waals surface area (Å²) in [5.41, 5.74) is -0.599. The van der Waals surface area contributed by atoms with Crippen LogP contribution in [-0.4, -0.2) is 29.3 Å². The highest BCUT2D eigenvalue weighted by atomic mass is 32.2. The summed E-state index contributed by atoms with van der Waals surface area (Å²) in [6, 6.07) is 5.49. The highest BCUT2D eigenvalue weighted by Gasteiger charge is 2.22. The topological polar surface area (TPSA) is 55.4 Å². The molecule has 1 amide bonds. The number of esters is 1. The van der Waals surface area contributed by atoms with Crippen LogP contribution >= 0.6 is 11.8 Å². The fourth-order valence-corrected chi connectivity index (χ4v) is 2.19. The van der Waals surface area contributed by atoms with Crippen LogP contribution in [0.15, 0.2) is 29.2 Å². The Balaban J connectivity index is 2.43. The molecule has 1 rings (SSSR count). The van der Waals surface area contributed by atoms with Gasteiger partial charge in [-0.1, -0.05) is 12.1 Å². The van der Waals surface area contributed by atoms with Crippen molar-refractivity contribution in [1.82, 2.24) is 5.32 Å². The summed E-state index contributed by atoms with van der Waals surface area (Å²) in [5, 5.41) is 2.54. The van der Waals surface area contributed by atoms with E-state index < -0.39 is 17.6 Å². The Bertz CT molecular complexity index is 514. The second kappa shape index (κ2) is 7.45. The second-order valence-corrected chi connectivity index (χ2v) is 6.56. The lowest BCUT2D eigenvalue weighted by Crippen LogP contribution is -2.42. The Hall–Kier alpha value is -1.56. The van der Waals surface area contributed by atoms with Crippen molar-refractivity contribution in [3.63, 3.8) is 0 Å². The molecule has 116 valence electrons. The van der Waals surface area contributed by atoms with Gasteiger partial charge in [-0.25, -0.2) is 9.18 Å². The lowest BCUT2D eigenvalue weighted by atomic mass is 10.2. The molecule has 21 heavy (non-hydrogen) atoms. The normalized spacial score (nSPS) is 12.6. The van der Waals surface area contributed by atoms with Gasteiger partial charge < -0.3 is 10.1 Å². The molecule has 0 aliphatic carbocycles. The zero-order valence-electron chi connectivity index (χ0n) is 12.6. The Morgan fingerprint density at radius 2 is 1.95 bits per heavy atom. The fraction of sp³-hybridized carbons (Fsp3) is 0.467. The molecule has 0 aliphatic rings. The molecule has 1 aromatic rings. The van der Waals surface area contributed by atoms with Crippen molar-refractivity contribution in [3.8, 4) is 0 Å². The lowest BCUT2D eigenvalue weighted by molar-refractivity contribution is -0.157. The van der Waals surface area contributed by atoms with Crippen LogP contribution in [0, 0.1) is 5.82 Å². The largest absolute Gasteiger partial charge is 0.458 e. The fourth-order valence-electron chi connectivity index (χ4n) is 1.44. The molecule has 0 aromatic heterocycles. The summed E-state index contributed by atoms with van der Waals surface area (Å²) in [7, 11) is 0. The van der Waals surface area contributed by atoms with E-state index in [1.807, 2.05) is 0 Å². The number of halogens is 1. The zero-order valence-corrected chi connectivity index (χ0v) is 13.4. The monoisotopic (exact) mass is 313 g/mol. The first-order valence-corrected chi connectivity index (χ1v) is 7.57. The number of benzene rings is 1. The number of hydrogen-bond acceptors (Lipinski definition) is 4. The first-order chi connectivity index (χ1) is 9.69. The third-order valence-electron chi connectivity index (χ3n) is 2.33. The maximum atomic E-state index is 13.4. The molecule has 1 N–H and O–H groups in total. The standard InChI is InChI=1S/C15H20FNO3S/c1-10(14(19)20-15(2,3)4)17-13(18)9-21-12-8-6-5-7-11(12)16/h5-8,10H,9H2,1-4H3,(H,17,18)/t10-/m0/s1. The van der Waals surface area contributed by atoms with Crippen molar-refractivity contribution in [2.24, 2.45) is 0 Å². The van der Waals surface area contributed by atoms with Gasteiger partial charge in [0.1, 0.15) is 17.5 Å². The zero-order chi connectivity index (χ0) is 16.0. The van der Waals surface area contributed by atoms with Crippen molar-refractivity contribution in [1.29, 1.82) is 0 Å². The Morgan fingerprint density at radius 1 is 1.33 bits per heavy atom. The Labute approximate surface area is 128 Å². The third kappa shape index (κ3) is 6.62. The predicted molar refractivity (Wildman–Crippen MR) is 80.6 cm³/mol. The van der Waals surface area contributed by atoms with Crippen LogP contribution in [-0.2, 0) is 14.3 Å². The quantitative estimate of drug-likeness (QED) is 0.671. The van der Waals surface area contributed by atoms with E-state index in [9.17, 15) is 14.0 Å². The molecule has 0 saturated heterocycles. The van der Waals surface area contributed by atoms with Crippen LogP contribution in [0.5, 0.6) is 0 Å². The van der Waals surface area contributed by atoms with Gasteiger partial charge >= 0.3 is 5.97 Å². The van der Waals surface area contributed by atoms with Crippen LogP contribution in [0.2, 0.25) is 0 Å². The Morgan fingerprint density at radius 3 is 2.52 bits per heavy atom. The maximum absolute atomic E-state index is 13.4. The average molecular weight is 313 g/mol. The summed E-state index contributed by atoms with van der Waals surface area (Å²) >= 11 is 1.08. The van der Waals surface area contributed by atoms with Crippen LogP contribution in [0.1, 0.15) is 27.7 Å². The molecule has 0 heterocycles. The molecule has 0 aliphatic heterocycles. The number of rotatable bonds is 5. The van der Waals surface area contributed by atoms with Crippen molar-refractivity contribution in [2.75, 3.05) is 5.75 Å². The highest BCUT2D eigenvalue weighted by molar-refractivity contribution is 8.00. The molecular weight excluding hydrogens is 293 g/mol. The molecule has 6 heteroatoms. The third-order valence-corrected chi connectivity index (χ3v) is 3.38.